The van der Waals surface area contributed by atoms with Gasteiger partial charge in [-0.25, -0.2) is 8.42 Å². The first-order valence-corrected chi connectivity index (χ1v) is 8.96. The zero-order valence-corrected chi connectivity index (χ0v) is 13.2. The Balaban J connectivity index is 1.79. The highest BCUT2D eigenvalue weighted by molar-refractivity contribution is 7.89. The first-order valence-electron chi connectivity index (χ1n) is 6.90. The summed E-state index contributed by atoms with van der Waals surface area (Å²) >= 11 is 0. The first-order chi connectivity index (χ1) is 10.4. The maximum atomic E-state index is 11.3. The normalized spacial score (nSPS) is 17.9. The van der Waals surface area contributed by atoms with Crippen molar-refractivity contribution in [1.82, 2.24) is 10.1 Å². The number of fused-ring (bicyclic) bond motifs is 1. The van der Waals surface area contributed by atoms with Crippen molar-refractivity contribution in [2.24, 2.45) is 0 Å². The Bertz CT molecular complexity index is 772. The molecule has 0 bridgehead atoms. The third kappa shape index (κ3) is 3.38. The highest BCUT2D eigenvalue weighted by Gasteiger charge is 2.24. The van der Waals surface area contributed by atoms with Crippen molar-refractivity contribution >= 4 is 15.5 Å². The van der Waals surface area contributed by atoms with Crippen molar-refractivity contribution < 1.29 is 17.7 Å². The number of aromatic nitrogens is 2. The summed E-state index contributed by atoms with van der Waals surface area (Å²) in [5, 5.41) is 3.72. The molecule has 7 nitrogen and oxygen atoms in total. The van der Waals surface area contributed by atoms with Crippen molar-refractivity contribution in [3.05, 3.63) is 36.0 Å². The molecule has 0 radical (unpaired) electrons. The largest absolute Gasteiger partial charge is 0.487 e. The average molecular weight is 323 g/mol. The maximum Gasteiger partial charge on any atom is 0.246 e. The molecule has 1 aromatic carbocycles. The molecule has 0 spiro atoms. The minimum atomic E-state index is -3.17. The second-order valence-corrected chi connectivity index (χ2v) is 7.59. The number of ether oxygens (including phenoxy) is 1. The minimum Gasteiger partial charge on any atom is -0.487 e. The third-order valence-electron chi connectivity index (χ3n) is 3.24. The fourth-order valence-electron chi connectivity index (χ4n) is 2.44. The summed E-state index contributed by atoms with van der Waals surface area (Å²) in [6.07, 6.45) is 1.19. The number of hydrogen-bond donors (Lipinski definition) is 0. The minimum absolute atomic E-state index is 0.0494. The molecule has 3 rings (SSSR count). The van der Waals surface area contributed by atoms with Gasteiger partial charge >= 0.3 is 0 Å². The van der Waals surface area contributed by atoms with Gasteiger partial charge in [0.2, 0.25) is 5.89 Å². The van der Waals surface area contributed by atoms with E-state index in [0.29, 0.717) is 19.0 Å². The Labute approximate surface area is 128 Å². The number of rotatable bonds is 4. The van der Waals surface area contributed by atoms with Crippen molar-refractivity contribution in [3.63, 3.8) is 0 Å². The molecule has 1 aliphatic rings. The number of para-hydroxylation sites is 2. The second kappa shape index (κ2) is 5.60. The highest BCUT2D eigenvalue weighted by Crippen LogP contribution is 2.33. The van der Waals surface area contributed by atoms with E-state index in [0.717, 1.165) is 17.7 Å². The predicted octanol–water partition coefficient (Wildman–Crippen LogP) is 1.40. The molecular weight excluding hydrogens is 306 g/mol. The molecule has 0 saturated carbocycles. The fraction of sp³-hybridized carbons (Fsp3) is 0.429. The van der Waals surface area contributed by atoms with Gasteiger partial charge in [-0.15, -0.1) is 0 Å². The average Bonchev–Trinajstić information content (AvgIpc) is 2.83. The second-order valence-electron chi connectivity index (χ2n) is 5.45. The Morgan fingerprint density at radius 1 is 1.36 bits per heavy atom. The topological polar surface area (TPSA) is 85.5 Å². The Morgan fingerprint density at radius 2 is 2.14 bits per heavy atom. The Kier molecular flexibility index (Phi) is 3.78. The van der Waals surface area contributed by atoms with E-state index in [4.69, 9.17) is 9.26 Å². The van der Waals surface area contributed by atoms with E-state index in [1.807, 2.05) is 31.2 Å². The van der Waals surface area contributed by atoms with E-state index in [1.54, 1.807) is 0 Å². The van der Waals surface area contributed by atoms with Gasteiger partial charge in [-0.2, -0.15) is 4.98 Å². The lowest BCUT2D eigenvalue weighted by Crippen LogP contribution is -2.38. The lowest BCUT2D eigenvalue weighted by atomic mass is 10.2. The number of sulfone groups is 1. The molecule has 0 amide bonds. The van der Waals surface area contributed by atoms with Gasteiger partial charge in [-0.1, -0.05) is 17.3 Å². The van der Waals surface area contributed by atoms with Crippen LogP contribution in [-0.2, 0) is 22.1 Å². The summed E-state index contributed by atoms with van der Waals surface area (Å²) in [4.78, 5) is 6.23. The van der Waals surface area contributed by atoms with E-state index in [1.165, 1.54) is 0 Å². The van der Waals surface area contributed by atoms with E-state index in [2.05, 4.69) is 15.0 Å². The van der Waals surface area contributed by atoms with E-state index >= 15 is 0 Å². The molecule has 1 aliphatic heterocycles. The molecule has 22 heavy (non-hydrogen) atoms. The molecule has 1 atom stereocenters. The number of nitrogens with zero attached hydrogens (tertiary/aromatic N) is 3. The van der Waals surface area contributed by atoms with E-state index in [9.17, 15) is 8.42 Å². The molecule has 0 saturated heterocycles. The zero-order valence-electron chi connectivity index (χ0n) is 12.4. The highest BCUT2D eigenvalue weighted by atomic mass is 32.2. The third-order valence-corrected chi connectivity index (χ3v) is 4.02. The van der Waals surface area contributed by atoms with Crippen LogP contribution in [0.4, 0.5) is 5.69 Å². The number of anilines is 1. The summed E-state index contributed by atoms with van der Waals surface area (Å²) < 4.78 is 33.5. The van der Waals surface area contributed by atoms with E-state index < -0.39 is 9.84 Å². The van der Waals surface area contributed by atoms with Crippen LogP contribution in [0.25, 0.3) is 0 Å². The predicted molar refractivity (Wildman–Crippen MR) is 80.4 cm³/mol. The molecule has 2 heterocycles. The van der Waals surface area contributed by atoms with Crippen LogP contribution >= 0.6 is 0 Å². The van der Waals surface area contributed by atoms with Gasteiger partial charge in [0.05, 0.1) is 18.8 Å². The summed E-state index contributed by atoms with van der Waals surface area (Å²) in [7, 11) is -3.17. The number of benzene rings is 1. The Hall–Kier alpha value is -2.09. The van der Waals surface area contributed by atoms with Crippen LogP contribution in [0.5, 0.6) is 5.75 Å². The smallest absolute Gasteiger partial charge is 0.246 e. The summed E-state index contributed by atoms with van der Waals surface area (Å²) in [6, 6.07) is 7.75. The van der Waals surface area contributed by atoms with Crippen molar-refractivity contribution in [2.45, 2.75) is 25.3 Å². The summed E-state index contributed by atoms with van der Waals surface area (Å²) in [5.41, 5.74) is 0.962. The van der Waals surface area contributed by atoms with Crippen molar-refractivity contribution in [1.29, 1.82) is 0 Å². The van der Waals surface area contributed by atoms with Gasteiger partial charge in [-0.05, 0) is 19.1 Å². The molecule has 0 fully saturated rings. The lowest BCUT2D eigenvalue weighted by Gasteiger charge is -2.33. The van der Waals surface area contributed by atoms with Gasteiger partial charge in [0.25, 0.3) is 0 Å². The van der Waals surface area contributed by atoms with Crippen LogP contribution in [0.3, 0.4) is 0 Å². The van der Waals surface area contributed by atoms with Crippen LogP contribution in [0.2, 0.25) is 0 Å². The molecule has 0 N–H and O–H groups in total. The summed E-state index contributed by atoms with van der Waals surface area (Å²) in [6.45, 7) is 3.11. The molecule has 2 aromatic rings. The van der Waals surface area contributed by atoms with Gasteiger partial charge in [0.1, 0.15) is 17.6 Å². The monoisotopic (exact) mass is 323 g/mol. The van der Waals surface area contributed by atoms with Crippen molar-refractivity contribution in [2.75, 3.05) is 17.7 Å². The van der Waals surface area contributed by atoms with E-state index in [-0.39, 0.29) is 17.7 Å². The van der Waals surface area contributed by atoms with Gasteiger partial charge < -0.3 is 14.2 Å². The lowest BCUT2D eigenvalue weighted by molar-refractivity contribution is 0.210. The van der Waals surface area contributed by atoms with Gasteiger partial charge in [0, 0.05) is 6.26 Å². The van der Waals surface area contributed by atoms with Gasteiger partial charge in [0.15, 0.2) is 15.7 Å². The molecule has 118 valence electrons. The summed E-state index contributed by atoms with van der Waals surface area (Å²) in [5.74, 6) is 1.18. The molecule has 1 unspecified atom stereocenters. The van der Waals surface area contributed by atoms with Crippen molar-refractivity contribution in [3.8, 4) is 5.75 Å². The quantitative estimate of drug-likeness (QED) is 0.840. The van der Waals surface area contributed by atoms with Crippen LogP contribution in [-0.4, -0.2) is 37.5 Å². The standard InChI is InChI=1S/C14H17N3O4S/c1-10-7-17(11-5-3-4-6-12(11)20-10)8-14-15-13(16-21-14)9-22(2,18)19/h3-6,10H,7-9H2,1-2H3. The molecule has 0 aliphatic carbocycles. The maximum absolute atomic E-state index is 11.3. The van der Waals surface area contributed by atoms with Crippen LogP contribution < -0.4 is 9.64 Å². The zero-order chi connectivity index (χ0) is 15.7. The van der Waals surface area contributed by atoms with Crippen LogP contribution in [0.15, 0.2) is 28.8 Å². The SMILES string of the molecule is CC1CN(Cc2nc(CS(C)(=O)=O)no2)c2ccccc2O1. The molecule has 8 heteroatoms. The van der Waals surface area contributed by atoms with Crippen LogP contribution in [0.1, 0.15) is 18.6 Å². The van der Waals surface area contributed by atoms with Crippen LogP contribution in [0, 0.1) is 0 Å². The first kappa shape index (κ1) is 14.8. The number of hydrogen-bond acceptors (Lipinski definition) is 7. The molecule has 1 aromatic heterocycles. The molecular formula is C14H17N3O4S. The van der Waals surface area contributed by atoms with Gasteiger partial charge in [-0.3, -0.25) is 0 Å². The Morgan fingerprint density at radius 3 is 2.91 bits per heavy atom. The fourth-order valence-corrected chi connectivity index (χ4v) is 3.03.